The summed E-state index contributed by atoms with van der Waals surface area (Å²) in [7, 11) is 0. The first kappa shape index (κ1) is 9.55. The molecule has 0 bridgehead atoms. The van der Waals surface area contributed by atoms with Crippen LogP contribution in [-0.2, 0) is 6.42 Å². The van der Waals surface area contributed by atoms with Crippen molar-refractivity contribution in [3.8, 4) is 10.6 Å². The molecule has 0 aliphatic carbocycles. The summed E-state index contributed by atoms with van der Waals surface area (Å²) < 4.78 is 0.722. The van der Waals surface area contributed by atoms with Crippen molar-refractivity contribution in [3.63, 3.8) is 0 Å². The summed E-state index contributed by atoms with van der Waals surface area (Å²) in [4.78, 5) is 0. The van der Waals surface area contributed by atoms with Crippen LogP contribution in [0.5, 0.6) is 0 Å². The molecule has 14 heavy (non-hydrogen) atoms. The van der Waals surface area contributed by atoms with E-state index in [0.717, 1.165) is 20.9 Å². The second kappa shape index (κ2) is 4.02. The summed E-state index contributed by atoms with van der Waals surface area (Å²) in [6.07, 6.45) is 1.07. The number of hydrogen-bond acceptors (Lipinski definition) is 3. The highest BCUT2D eigenvalue weighted by atomic mass is 32.1. The van der Waals surface area contributed by atoms with E-state index in [1.165, 1.54) is 16.9 Å². The standard InChI is InChI=1S/C10H10N2S2/c1-2-7-3-5-8(6-4-7)9-11-12-10(13)14-9/h3-6H,2H2,1H3,(H,12,13). The second-order valence-corrected chi connectivity index (χ2v) is 4.63. The van der Waals surface area contributed by atoms with E-state index < -0.39 is 0 Å². The lowest BCUT2D eigenvalue weighted by Crippen LogP contribution is -1.80. The lowest BCUT2D eigenvalue weighted by molar-refractivity contribution is 1.08. The minimum atomic E-state index is 0.722. The van der Waals surface area contributed by atoms with Crippen LogP contribution in [0.1, 0.15) is 12.5 Å². The maximum absolute atomic E-state index is 4.98. The van der Waals surface area contributed by atoms with Crippen LogP contribution < -0.4 is 0 Å². The molecule has 2 nitrogen and oxygen atoms in total. The third-order valence-electron chi connectivity index (χ3n) is 2.05. The Kier molecular flexibility index (Phi) is 2.74. The molecule has 0 spiro atoms. The van der Waals surface area contributed by atoms with E-state index in [2.05, 4.69) is 41.4 Å². The topological polar surface area (TPSA) is 28.7 Å². The van der Waals surface area contributed by atoms with Crippen molar-refractivity contribution in [1.82, 2.24) is 10.2 Å². The number of aromatic amines is 1. The smallest absolute Gasteiger partial charge is 0.176 e. The van der Waals surface area contributed by atoms with E-state index in [0.29, 0.717) is 0 Å². The molecule has 0 aliphatic heterocycles. The molecule has 0 saturated carbocycles. The minimum absolute atomic E-state index is 0.722. The van der Waals surface area contributed by atoms with Gasteiger partial charge in [-0.25, -0.2) is 0 Å². The molecular formula is C10H10N2S2. The van der Waals surface area contributed by atoms with Crippen molar-refractivity contribution in [2.45, 2.75) is 13.3 Å². The summed E-state index contributed by atoms with van der Waals surface area (Å²) >= 11 is 6.48. The van der Waals surface area contributed by atoms with Gasteiger partial charge in [-0.3, -0.25) is 5.10 Å². The molecule has 0 unspecified atom stereocenters. The molecule has 2 rings (SSSR count). The van der Waals surface area contributed by atoms with E-state index in [1.807, 2.05) is 0 Å². The molecular weight excluding hydrogens is 212 g/mol. The van der Waals surface area contributed by atoms with Crippen LogP contribution in [0, 0.1) is 3.95 Å². The first-order chi connectivity index (χ1) is 6.79. The van der Waals surface area contributed by atoms with Gasteiger partial charge in [-0.1, -0.05) is 42.5 Å². The van der Waals surface area contributed by atoms with Crippen molar-refractivity contribution >= 4 is 23.6 Å². The van der Waals surface area contributed by atoms with E-state index in [1.54, 1.807) is 0 Å². The predicted molar refractivity (Wildman–Crippen MR) is 62.1 cm³/mol. The number of nitrogens with zero attached hydrogens (tertiary/aromatic N) is 1. The van der Waals surface area contributed by atoms with Gasteiger partial charge in [0.1, 0.15) is 5.01 Å². The van der Waals surface area contributed by atoms with Crippen LogP contribution in [-0.4, -0.2) is 10.2 Å². The third kappa shape index (κ3) is 1.91. The van der Waals surface area contributed by atoms with Crippen molar-refractivity contribution in [2.24, 2.45) is 0 Å². The summed E-state index contributed by atoms with van der Waals surface area (Å²) in [5.74, 6) is 0. The lowest BCUT2D eigenvalue weighted by Gasteiger charge is -1.97. The van der Waals surface area contributed by atoms with E-state index >= 15 is 0 Å². The van der Waals surface area contributed by atoms with Crippen molar-refractivity contribution in [1.29, 1.82) is 0 Å². The fourth-order valence-electron chi connectivity index (χ4n) is 1.24. The van der Waals surface area contributed by atoms with Crippen LogP contribution in [0.25, 0.3) is 10.6 Å². The minimum Gasteiger partial charge on any atom is -0.258 e. The Balaban J connectivity index is 2.38. The van der Waals surface area contributed by atoms with Crippen LogP contribution in [0.2, 0.25) is 0 Å². The Bertz CT molecular complexity index is 467. The van der Waals surface area contributed by atoms with Gasteiger partial charge < -0.3 is 0 Å². The molecule has 0 radical (unpaired) electrons. The van der Waals surface area contributed by atoms with Crippen LogP contribution in [0.3, 0.4) is 0 Å². The zero-order valence-electron chi connectivity index (χ0n) is 7.78. The van der Waals surface area contributed by atoms with E-state index in [4.69, 9.17) is 12.2 Å². The molecule has 1 aromatic heterocycles. The molecule has 1 aromatic carbocycles. The summed E-state index contributed by atoms with van der Waals surface area (Å²) in [6, 6.07) is 8.42. The molecule has 0 fully saturated rings. The van der Waals surface area contributed by atoms with Gasteiger partial charge in [-0.05, 0) is 24.2 Å². The van der Waals surface area contributed by atoms with E-state index in [-0.39, 0.29) is 0 Å². The highest BCUT2D eigenvalue weighted by molar-refractivity contribution is 7.73. The molecule has 2 aromatic rings. The van der Waals surface area contributed by atoms with Gasteiger partial charge in [0.05, 0.1) is 0 Å². The highest BCUT2D eigenvalue weighted by Gasteiger charge is 2.00. The molecule has 72 valence electrons. The maximum Gasteiger partial charge on any atom is 0.176 e. The molecule has 0 aliphatic rings. The maximum atomic E-state index is 4.98. The van der Waals surface area contributed by atoms with Gasteiger partial charge in [0, 0.05) is 5.56 Å². The van der Waals surface area contributed by atoms with Crippen LogP contribution >= 0.6 is 23.6 Å². The number of rotatable bonds is 2. The highest BCUT2D eigenvalue weighted by Crippen LogP contribution is 2.21. The molecule has 0 amide bonds. The monoisotopic (exact) mass is 222 g/mol. The number of H-pyrrole nitrogens is 1. The lowest BCUT2D eigenvalue weighted by atomic mass is 10.1. The van der Waals surface area contributed by atoms with Gasteiger partial charge in [-0.15, -0.1) is 0 Å². The van der Waals surface area contributed by atoms with Crippen LogP contribution in [0.15, 0.2) is 24.3 Å². The van der Waals surface area contributed by atoms with Gasteiger partial charge in [0.25, 0.3) is 0 Å². The first-order valence-electron chi connectivity index (χ1n) is 4.44. The Hall–Kier alpha value is -1.00. The molecule has 1 heterocycles. The number of benzene rings is 1. The first-order valence-corrected chi connectivity index (χ1v) is 5.67. The summed E-state index contributed by atoms with van der Waals surface area (Å²) in [6.45, 7) is 2.15. The number of aromatic nitrogens is 2. The Morgan fingerprint density at radius 2 is 2.07 bits per heavy atom. The fourth-order valence-corrected chi connectivity index (χ4v) is 2.13. The van der Waals surface area contributed by atoms with Gasteiger partial charge in [0.2, 0.25) is 0 Å². The largest absolute Gasteiger partial charge is 0.258 e. The van der Waals surface area contributed by atoms with Crippen LogP contribution in [0.4, 0.5) is 0 Å². The van der Waals surface area contributed by atoms with Gasteiger partial charge in [0.15, 0.2) is 3.95 Å². The average molecular weight is 222 g/mol. The van der Waals surface area contributed by atoms with Crippen molar-refractivity contribution in [2.75, 3.05) is 0 Å². The van der Waals surface area contributed by atoms with Crippen molar-refractivity contribution < 1.29 is 0 Å². The quantitative estimate of drug-likeness (QED) is 0.789. The fraction of sp³-hybridized carbons (Fsp3) is 0.200. The zero-order valence-corrected chi connectivity index (χ0v) is 9.41. The summed E-state index contributed by atoms with van der Waals surface area (Å²) in [5, 5.41) is 7.87. The zero-order chi connectivity index (χ0) is 9.97. The van der Waals surface area contributed by atoms with Crippen molar-refractivity contribution in [3.05, 3.63) is 33.8 Å². The predicted octanol–water partition coefficient (Wildman–Crippen LogP) is 3.43. The van der Waals surface area contributed by atoms with Gasteiger partial charge in [-0.2, -0.15) is 5.10 Å². The molecule has 1 N–H and O–H groups in total. The number of hydrogen-bond donors (Lipinski definition) is 1. The third-order valence-corrected chi connectivity index (χ3v) is 3.19. The van der Waals surface area contributed by atoms with E-state index in [9.17, 15) is 0 Å². The Morgan fingerprint density at radius 1 is 1.36 bits per heavy atom. The SMILES string of the molecule is CCc1ccc(-c2n[nH]c(=S)s2)cc1. The molecule has 0 atom stereocenters. The van der Waals surface area contributed by atoms with Gasteiger partial charge >= 0.3 is 0 Å². The summed E-state index contributed by atoms with van der Waals surface area (Å²) in [5.41, 5.74) is 2.47. The normalized spacial score (nSPS) is 10.4. The number of nitrogens with one attached hydrogen (secondary N) is 1. The number of aryl methyl sites for hydroxylation is 1. The Labute approximate surface area is 91.6 Å². The average Bonchev–Trinajstić information content (AvgIpc) is 2.65. The Morgan fingerprint density at radius 3 is 2.57 bits per heavy atom. The second-order valence-electron chi connectivity index (χ2n) is 2.97. The molecule has 4 heteroatoms. The molecule has 0 saturated heterocycles.